The molecule has 0 radical (unpaired) electrons. The van der Waals surface area contributed by atoms with E-state index < -0.39 is 5.97 Å². The van der Waals surface area contributed by atoms with Crippen molar-refractivity contribution >= 4 is 12.0 Å². The van der Waals surface area contributed by atoms with E-state index in [4.69, 9.17) is 9.84 Å². The van der Waals surface area contributed by atoms with Gasteiger partial charge in [-0.05, 0) is 12.8 Å². The minimum Gasteiger partial charge on any atom is -0.481 e. The van der Waals surface area contributed by atoms with Crippen LogP contribution in [0.1, 0.15) is 19.3 Å². The number of amides is 2. The molecule has 0 bridgehead atoms. The number of hydrogen-bond donors (Lipinski definition) is 2. The molecule has 2 amide bonds. The number of methoxy groups -OCH3 is 1. The molecule has 0 spiro atoms. The highest BCUT2D eigenvalue weighted by molar-refractivity contribution is 5.74. The molecule has 0 heterocycles. The third-order valence-corrected chi connectivity index (χ3v) is 2.06. The summed E-state index contributed by atoms with van der Waals surface area (Å²) < 4.78 is 4.87. The quantitative estimate of drug-likeness (QED) is 0.598. The number of ether oxygens (including phenoxy) is 1. The molecule has 0 aliphatic heterocycles. The summed E-state index contributed by atoms with van der Waals surface area (Å²) in [5.74, 6) is -0.903. The fraction of sp³-hybridized carbons (Fsp3) is 0.800. The van der Waals surface area contributed by atoms with Crippen LogP contribution in [0, 0.1) is 0 Å². The maximum atomic E-state index is 11.4. The fourth-order valence-electron chi connectivity index (χ4n) is 1.07. The van der Waals surface area contributed by atoms with E-state index in [1.54, 1.807) is 14.2 Å². The summed E-state index contributed by atoms with van der Waals surface area (Å²) in [7, 11) is 3.21. The largest absolute Gasteiger partial charge is 0.481 e. The molecule has 0 saturated carbocycles. The number of nitrogens with zero attached hydrogens (tertiary/aromatic N) is 1. The molecule has 0 aromatic carbocycles. The molecule has 0 aliphatic rings. The number of urea groups is 1. The molecule has 0 atom stereocenters. The second kappa shape index (κ2) is 8.96. The van der Waals surface area contributed by atoms with E-state index in [0.717, 1.165) is 12.8 Å². The lowest BCUT2D eigenvalue weighted by Gasteiger charge is -2.16. The first-order chi connectivity index (χ1) is 7.57. The zero-order valence-corrected chi connectivity index (χ0v) is 9.86. The van der Waals surface area contributed by atoms with Gasteiger partial charge in [-0.15, -0.1) is 0 Å². The molecule has 0 aromatic heterocycles. The molecule has 16 heavy (non-hydrogen) atoms. The van der Waals surface area contributed by atoms with Gasteiger partial charge in [-0.3, -0.25) is 4.79 Å². The Bertz CT molecular complexity index is 221. The maximum Gasteiger partial charge on any atom is 0.317 e. The summed E-state index contributed by atoms with van der Waals surface area (Å²) in [5, 5.41) is 11.1. The number of aliphatic carboxylic acids is 1. The number of carboxylic acids is 1. The second-order valence-electron chi connectivity index (χ2n) is 3.50. The highest BCUT2D eigenvalue weighted by Gasteiger charge is 2.08. The first-order valence-corrected chi connectivity index (χ1v) is 5.27. The summed E-state index contributed by atoms with van der Waals surface area (Å²) in [6.07, 6.45) is 1.72. The molecular weight excluding hydrogens is 212 g/mol. The van der Waals surface area contributed by atoms with Gasteiger partial charge in [0.05, 0.1) is 6.42 Å². The summed E-state index contributed by atoms with van der Waals surface area (Å²) >= 11 is 0. The van der Waals surface area contributed by atoms with Crippen molar-refractivity contribution in [2.24, 2.45) is 0 Å². The number of nitrogens with one attached hydrogen (secondary N) is 1. The molecule has 0 rings (SSSR count). The van der Waals surface area contributed by atoms with Crippen LogP contribution in [0.5, 0.6) is 0 Å². The van der Waals surface area contributed by atoms with E-state index in [1.165, 1.54) is 4.90 Å². The van der Waals surface area contributed by atoms with Crippen LogP contribution in [0.25, 0.3) is 0 Å². The van der Waals surface area contributed by atoms with E-state index >= 15 is 0 Å². The molecular formula is C10H20N2O4. The molecule has 94 valence electrons. The fourth-order valence-corrected chi connectivity index (χ4v) is 1.07. The van der Waals surface area contributed by atoms with Crippen LogP contribution < -0.4 is 5.32 Å². The van der Waals surface area contributed by atoms with Gasteiger partial charge in [0.15, 0.2) is 0 Å². The lowest BCUT2D eigenvalue weighted by molar-refractivity contribution is -0.137. The smallest absolute Gasteiger partial charge is 0.317 e. The molecule has 0 unspecified atom stereocenters. The lowest BCUT2D eigenvalue weighted by atomic mass is 10.3. The van der Waals surface area contributed by atoms with Crippen molar-refractivity contribution in [1.29, 1.82) is 0 Å². The number of rotatable bonds is 8. The summed E-state index contributed by atoms with van der Waals surface area (Å²) in [5.41, 5.74) is 0. The van der Waals surface area contributed by atoms with E-state index in [2.05, 4.69) is 5.32 Å². The van der Waals surface area contributed by atoms with Crippen molar-refractivity contribution in [2.75, 3.05) is 33.9 Å². The van der Waals surface area contributed by atoms with E-state index in [0.29, 0.717) is 13.2 Å². The van der Waals surface area contributed by atoms with Gasteiger partial charge in [-0.2, -0.15) is 0 Å². The summed E-state index contributed by atoms with van der Waals surface area (Å²) in [6.45, 7) is 1.49. The monoisotopic (exact) mass is 232 g/mol. The van der Waals surface area contributed by atoms with Crippen molar-refractivity contribution < 1.29 is 19.4 Å². The third kappa shape index (κ3) is 8.05. The Hall–Kier alpha value is -1.30. The van der Waals surface area contributed by atoms with Crippen molar-refractivity contribution in [3.8, 4) is 0 Å². The highest BCUT2D eigenvalue weighted by Crippen LogP contribution is 1.91. The van der Waals surface area contributed by atoms with Crippen LogP contribution in [0.2, 0.25) is 0 Å². The third-order valence-electron chi connectivity index (χ3n) is 2.06. The SMILES string of the molecule is COCCCCNC(=O)N(C)CCC(=O)O. The second-order valence-corrected chi connectivity index (χ2v) is 3.50. The van der Waals surface area contributed by atoms with Crippen LogP contribution in [0.4, 0.5) is 4.79 Å². The average molecular weight is 232 g/mol. The van der Waals surface area contributed by atoms with Gasteiger partial charge in [-0.1, -0.05) is 0 Å². The van der Waals surface area contributed by atoms with Crippen LogP contribution in [-0.4, -0.2) is 55.9 Å². The van der Waals surface area contributed by atoms with Crippen molar-refractivity contribution in [1.82, 2.24) is 10.2 Å². The Balaban J connectivity index is 3.51. The number of unbranched alkanes of at least 4 members (excludes halogenated alkanes) is 1. The zero-order chi connectivity index (χ0) is 12.4. The molecule has 0 saturated heterocycles. The molecule has 0 aliphatic carbocycles. The first kappa shape index (κ1) is 14.7. The van der Waals surface area contributed by atoms with Crippen LogP contribution >= 0.6 is 0 Å². The van der Waals surface area contributed by atoms with Gasteiger partial charge in [0.25, 0.3) is 0 Å². The number of carbonyl (C=O) groups is 2. The van der Waals surface area contributed by atoms with Crippen molar-refractivity contribution in [3.63, 3.8) is 0 Å². The zero-order valence-electron chi connectivity index (χ0n) is 9.86. The maximum absolute atomic E-state index is 11.4. The van der Waals surface area contributed by atoms with E-state index in [9.17, 15) is 9.59 Å². The lowest BCUT2D eigenvalue weighted by Crippen LogP contribution is -2.38. The Labute approximate surface area is 95.6 Å². The van der Waals surface area contributed by atoms with Gasteiger partial charge >= 0.3 is 12.0 Å². The predicted octanol–water partition coefficient (Wildman–Crippen LogP) is 0.529. The average Bonchev–Trinajstić information content (AvgIpc) is 2.25. The Kier molecular flexibility index (Phi) is 8.24. The normalized spacial score (nSPS) is 9.88. The number of hydrogen-bond acceptors (Lipinski definition) is 3. The highest BCUT2D eigenvalue weighted by atomic mass is 16.5. The van der Waals surface area contributed by atoms with E-state index in [-0.39, 0.29) is 19.0 Å². The molecule has 6 nitrogen and oxygen atoms in total. The molecule has 0 fully saturated rings. The van der Waals surface area contributed by atoms with Gasteiger partial charge < -0.3 is 20.1 Å². The first-order valence-electron chi connectivity index (χ1n) is 5.27. The van der Waals surface area contributed by atoms with Crippen molar-refractivity contribution in [3.05, 3.63) is 0 Å². The molecule has 0 aromatic rings. The van der Waals surface area contributed by atoms with Crippen LogP contribution in [0.15, 0.2) is 0 Å². The molecule has 6 heteroatoms. The van der Waals surface area contributed by atoms with Crippen molar-refractivity contribution in [2.45, 2.75) is 19.3 Å². The minimum atomic E-state index is -0.903. The summed E-state index contributed by atoms with van der Waals surface area (Å²) in [6, 6.07) is -0.237. The van der Waals surface area contributed by atoms with Crippen LogP contribution in [0.3, 0.4) is 0 Å². The predicted molar refractivity (Wildman–Crippen MR) is 59.4 cm³/mol. The topological polar surface area (TPSA) is 78.9 Å². The Morgan fingerprint density at radius 3 is 2.62 bits per heavy atom. The van der Waals surface area contributed by atoms with Crippen LogP contribution in [-0.2, 0) is 9.53 Å². The minimum absolute atomic E-state index is 0.0341. The van der Waals surface area contributed by atoms with Gasteiger partial charge in [0.2, 0.25) is 0 Å². The summed E-state index contributed by atoms with van der Waals surface area (Å²) in [4.78, 5) is 23.0. The Morgan fingerprint density at radius 2 is 2.06 bits per heavy atom. The van der Waals surface area contributed by atoms with E-state index in [1.807, 2.05) is 0 Å². The standard InChI is InChI=1S/C10H20N2O4/c1-12(7-5-9(13)14)10(15)11-6-3-4-8-16-2/h3-8H2,1-2H3,(H,11,15)(H,13,14). The van der Waals surface area contributed by atoms with Gasteiger partial charge in [0, 0.05) is 33.9 Å². The Morgan fingerprint density at radius 1 is 1.38 bits per heavy atom. The number of carbonyl (C=O) groups excluding carboxylic acids is 1. The molecule has 2 N–H and O–H groups in total. The van der Waals surface area contributed by atoms with Gasteiger partial charge in [0.1, 0.15) is 0 Å². The van der Waals surface area contributed by atoms with Gasteiger partial charge in [-0.25, -0.2) is 4.79 Å². The number of carboxylic acid groups (broad SMARTS) is 1.